The van der Waals surface area contributed by atoms with Gasteiger partial charge in [-0.15, -0.1) is 0 Å². The summed E-state index contributed by atoms with van der Waals surface area (Å²) in [6, 6.07) is 6.33. The molecule has 0 radical (unpaired) electrons. The lowest BCUT2D eigenvalue weighted by molar-refractivity contribution is 0.554. The first-order valence-corrected chi connectivity index (χ1v) is 6.75. The Morgan fingerprint density at radius 2 is 2.06 bits per heavy atom. The summed E-state index contributed by atoms with van der Waals surface area (Å²) in [6.07, 6.45) is 2.42. The molecule has 2 aromatic rings. The predicted molar refractivity (Wildman–Crippen MR) is 78.2 cm³/mol. The molecule has 0 saturated heterocycles. The highest BCUT2D eigenvalue weighted by atomic mass is 14.9. The van der Waals surface area contributed by atoms with E-state index >= 15 is 0 Å². The number of hydrogen-bond donors (Lipinski definition) is 2. The molecule has 0 atom stereocenters. The largest absolute Gasteiger partial charge is 0.385 e. The van der Waals surface area contributed by atoms with Gasteiger partial charge < -0.3 is 10.3 Å². The van der Waals surface area contributed by atoms with Crippen molar-refractivity contribution in [2.75, 3.05) is 11.9 Å². The van der Waals surface area contributed by atoms with Crippen LogP contribution in [0.5, 0.6) is 0 Å². The van der Waals surface area contributed by atoms with Gasteiger partial charge in [-0.3, -0.25) is 0 Å². The normalized spacial score (nSPS) is 12.0. The maximum Gasteiger partial charge on any atom is 0.112 e. The first-order chi connectivity index (χ1) is 8.50. The number of H-pyrrole nitrogens is 1. The number of nitrogens with one attached hydrogen (secondary N) is 2. The summed E-state index contributed by atoms with van der Waals surface area (Å²) < 4.78 is 0. The molecule has 3 heteroatoms. The minimum Gasteiger partial charge on any atom is -0.385 e. The molecule has 0 unspecified atom stereocenters. The maximum atomic E-state index is 4.64. The van der Waals surface area contributed by atoms with Gasteiger partial charge >= 0.3 is 0 Å². The molecule has 0 aliphatic carbocycles. The van der Waals surface area contributed by atoms with Crippen LogP contribution in [-0.2, 0) is 5.41 Å². The Balaban J connectivity index is 2.23. The van der Waals surface area contributed by atoms with Crippen LogP contribution in [0.4, 0.5) is 5.69 Å². The molecular formula is C15H23N3. The lowest BCUT2D eigenvalue weighted by Gasteiger charge is -2.13. The topological polar surface area (TPSA) is 40.7 Å². The van der Waals surface area contributed by atoms with E-state index in [2.05, 4.69) is 61.2 Å². The number of hydrogen-bond acceptors (Lipinski definition) is 2. The second-order valence-electron chi connectivity index (χ2n) is 5.85. The number of aromatic nitrogens is 2. The quantitative estimate of drug-likeness (QED) is 0.797. The van der Waals surface area contributed by atoms with Crippen molar-refractivity contribution in [1.29, 1.82) is 0 Å². The molecule has 0 aliphatic rings. The van der Waals surface area contributed by atoms with Gasteiger partial charge in [0.05, 0.1) is 11.0 Å². The Hall–Kier alpha value is -1.51. The van der Waals surface area contributed by atoms with Gasteiger partial charge in [0, 0.05) is 17.6 Å². The number of nitrogens with zero attached hydrogens (tertiary/aromatic N) is 1. The number of fused-ring (bicyclic) bond motifs is 1. The summed E-state index contributed by atoms with van der Waals surface area (Å²) in [5.74, 6) is 1.04. The van der Waals surface area contributed by atoms with Crippen molar-refractivity contribution in [3.8, 4) is 0 Å². The zero-order chi connectivity index (χ0) is 13.2. The van der Waals surface area contributed by atoms with E-state index in [0.717, 1.165) is 23.4 Å². The smallest absolute Gasteiger partial charge is 0.112 e. The molecule has 2 rings (SSSR count). The molecule has 1 heterocycles. The molecule has 0 amide bonds. The second kappa shape index (κ2) is 5.01. The summed E-state index contributed by atoms with van der Waals surface area (Å²) in [4.78, 5) is 8.05. The van der Waals surface area contributed by atoms with E-state index in [-0.39, 0.29) is 5.41 Å². The number of aromatic amines is 1. The van der Waals surface area contributed by atoms with Crippen LogP contribution in [-0.4, -0.2) is 16.5 Å². The van der Waals surface area contributed by atoms with Crippen LogP contribution in [0.3, 0.4) is 0 Å². The van der Waals surface area contributed by atoms with Gasteiger partial charge in [0.1, 0.15) is 5.82 Å². The highest BCUT2D eigenvalue weighted by molar-refractivity contribution is 5.79. The summed E-state index contributed by atoms with van der Waals surface area (Å²) >= 11 is 0. The van der Waals surface area contributed by atoms with Gasteiger partial charge in [-0.2, -0.15) is 0 Å². The van der Waals surface area contributed by atoms with E-state index in [0.29, 0.717) is 0 Å². The molecule has 0 saturated carbocycles. The molecule has 0 fully saturated rings. The third kappa shape index (κ3) is 2.84. The van der Waals surface area contributed by atoms with Crippen molar-refractivity contribution in [2.24, 2.45) is 0 Å². The lowest BCUT2D eigenvalue weighted by Crippen LogP contribution is -2.12. The van der Waals surface area contributed by atoms with Crippen LogP contribution in [0, 0.1) is 0 Å². The molecule has 18 heavy (non-hydrogen) atoms. The van der Waals surface area contributed by atoms with Crippen LogP contribution < -0.4 is 5.32 Å². The average molecular weight is 245 g/mol. The number of benzene rings is 1. The van der Waals surface area contributed by atoms with Crippen LogP contribution in [0.15, 0.2) is 18.2 Å². The van der Waals surface area contributed by atoms with Crippen molar-refractivity contribution in [3.05, 3.63) is 24.0 Å². The fourth-order valence-electron chi connectivity index (χ4n) is 1.88. The van der Waals surface area contributed by atoms with Crippen LogP contribution in [0.25, 0.3) is 11.0 Å². The van der Waals surface area contributed by atoms with Gasteiger partial charge in [0.15, 0.2) is 0 Å². The molecule has 0 aliphatic heterocycles. The zero-order valence-electron chi connectivity index (χ0n) is 11.8. The highest BCUT2D eigenvalue weighted by Gasteiger charge is 2.18. The van der Waals surface area contributed by atoms with E-state index in [1.165, 1.54) is 18.5 Å². The molecule has 1 aromatic heterocycles. The summed E-state index contributed by atoms with van der Waals surface area (Å²) in [7, 11) is 0. The highest BCUT2D eigenvalue weighted by Crippen LogP contribution is 2.24. The van der Waals surface area contributed by atoms with Crippen molar-refractivity contribution in [3.63, 3.8) is 0 Å². The van der Waals surface area contributed by atoms with Gasteiger partial charge in [0.2, 0.25) is 0 Å². The number of imidazole rings is 1. The van der Waals surface area contributed by atoms with Crippen molar-refractivity contribution >= 4 is 16.7 Å². The minimum absolute atomic E-state index is 0.0643. The second-order valence-corrected chi connectivity index (χ2v) is 5.85. The number of anilines is 1. The standard InChI is InChI=1S/C15H23N3/c1-5-6-9-16-11-7-8-12-13(10-11)18-14(17-12)15(2,3)4/h7-8,10,16H,5-6,9H2,1-4H3,(H,17,18). The maximum absolute atomic E-state index is 4.64. The molecular weight excluding hydrogens is 222 g/mol. The van der Waals surface area contributed by atoms with Gasteiger partial charge in [0.25, 0.3) is 0 Å². The third-order valence-electron chi connectivity index (χ3n) is 3.05. The fourth-order valence-corrected chi connectivity index (χ4v) is 1.88. The predicted octanol–water partition coefficient (Wildman–Crippen LogP) is 4.07. The van der Waals surface area contributed by atoms with E-state index in [9.17, 15) is 0 Å². The molecule has 3 nitrogen and oxygen atoms in total. The molecule has 0 spiro atoms. The zero-order valence-corrected chi connectivity index (χ0v) is 11.8. The Morgan fingerprint density at radius 1 is 1.28 bits per heavy atom. The van der Waals surface area contributed by atoms with E-state index in [1.54, 1.807) is 0 Å². The SMILES string of the molecule is CCCCNc1ccc2nc(C(C)(C)C)[nH]c2c1. The Morgan fingerprint density at radius 3 is 2.72 bits per heavy atom. The monoisotopic (exact) mass is 245 g/mol. The fraction of sp³-hybridized carbons (Fsp3) is 0.533. The van der Waals surface area contributed by atoms with E-state index in [4.69, 9.17) is 0 Å². The number of rotatable bonds is 4. The summed E-state index contributed by atoms with van der Waals surface area (Å²) in [5, 5.41) is 3.44. The number of unbranched alkanes of at least 4 members (excludes halogenated alkanes) is 1. The van der Waals surface area contributed by atoms with Crippen LogP contribution >= 0.6 is 0 Å². The Labute approximate surface area is 109 Å². The van der Waals surface area contributed by atoms with Gasteiger partial charge in [-0.05, 0) is 24.6 Å². The van der Waals surface area contributed by atoms with Gasteiger partial charge in [-0.25, -0.2) is 4.98 Å². The van der Waals surface area contributed by atoms with Crippen molar-refractivity contribution in [1.82, 2.24) is 9.97 Å². The Kier molecular flexibility index (Phi) is 3.60. The molecule has 0 bridgehead atoms. The van der Waals surface area contributed by atoms with Crippen LogP contribution in [0.2, 0.25) is 0 Å². The average Bonchev–Trinajstić information content (AvgIpc) is 2.72. The Bertz CT molecular complexity index is 520. The molecule has 1 aromatic carbocycles. The van der Waals surface area contributed by atoms with E-state index in [1.807, 2.05) is 0 Å². The summed E-state index contributed by atoms with van der Waals surface area (Å²) in [6.45, 7) is 9.75. The van der Waals surface area contributed by atoms with Crippen molar-refractivity contribution < 1.29 is 0 Å². The third-order valence-corrected chi connectivity index (χ3v) is 3.05. The first-order valence-electron chi connectivity index (χ1n) is 6.75. The van der Waals surface area contributed by atoms with Gasteiger partial charge in [-0.1, -0.05) is 34.1 Å². The lowest BCUT2D eigenvalue weighted by atomic mass is 9.96. The van der Waals surface area contributed by atoms with E-state index < -0.39 is 0 Å². The minimum atomic E-state index is 0.0643. The summed E-state index contributed by atoms with van der Waals surface area (Å²) in [5.41, 5.74) is 3.39. The molecule has 98 valence electrons. The molecule has 2 N–H and O–H groups in total. The first kappa shape index (κ1) is 12.9. The van der Waals surface area contributed by atoms with Crippen LogP contribution in [0.1, 0.15) is 46.4 Å². The van der Waals surface area contributed by atoms with Crippen molar-refractivity contribution in [2.45, 2.75) is 46.0 Å².